The predicted molar refractivity (Wildman–Crippen MR) is 75.8 cm³/mol. The third-order valence-corrected chi connectivity index (χ3v) is 3.06. The van der Waals surface area contributed by atoms with E-state index in [-0.39, 0.29) is 6.61 Å². The molecule has 0 aliphatic rings. The molecule has 0 atom stereocenters. The normalized spacial score (nSPS) is 10.6. The summed E-state index contributed by atoms with van der Waals surface area (Å²) in [5, 5.41) is 9.35. The molecule has 0 aromatic carbocycles. The third-order valence-electron chi connectivity index (χ3n) is 3.06. The highest BCUT2D eigenvalue weighted by molar-refractivity contribution is 5.46. The minimum atomic E-state index is -0.442. The first kappa shape index (κ1) is 14.4. The Balaban J connectivity index is 2.28. The molecule has 0 saturated heterocycles. The lowest BCUT2D eigenvalue weighted by atomic mass is 10.2. The van der Waals surface area contributed by atoms with Gasteiger partial charge in [0.1, 0.15) is 11.6 Å². The maximum atomic E-state index is 13.2. The Hall–Kier alpha value is -2.01. The van der Waals surface area contributed by atoms with Gasteiger partial charge in [0.05, 0.1) is 25.0 Å². The van der Waals surface area contributed by atoms with Crippen molar-refractivity contribution >= 4 is 5.82 Å². The van der Waals surface area contributed by atoms with Crippen molar-refractivity contribution < 1.29 is 9.50 Å². The Kier molecular flexibility index (Phi) is 4.63. The molecule has 0 unspecified atom stereocenters. The van der Waals surface area contributed by atoms with Gasteiger partial charge in [-0.15, -0.1) is 0 Å². The van der Waals surface area contributed by atoms with Gasteiger partial charge in [0.15, 0.2) is 0 Å². The Morgan fingerprint density at radius 2 is 2.15 bits per heavy atom. The van der Waals surface area contributed by atoms with Crippen LogP contribution >= 0.6 is 0 Å². The molecule has 0 radical (unpaired) electrons. The van der Waals surface area contributed by atoms with Crippen LogP contribution in [-0.2, 0) is 13.2 Å². The van der Waals surface area contributed by atoms with Crippen LogP contribution in [0, 0.1) is 12.7 Å². The van der Waals surface area contributed by atoms with Gasteiger partial charge >= 0.3 is 0 Å². The molecule has 1 N–H and O–H groups in total. The van der Waals surface area contributed by atoms with Crippen molar-refractivity contribution in [2.24, 2.45) is 0 Å². The van der Waals surface area contributed by atoms with E-state index in [1.807, 2.05) is 36.9 Å². The number of nitrogens with zero attached hydrogens (tertiary/aromatic N) is 3. The van der Waals surface area contributed by atoms with Crippen LogP contribution in [0.3, 0.4) is 0 Å². The molecule has 0 saturated carbocycles. The van der Waals surface area contributed by atoms with E-state index < -0.39 is 5.82 Å². The number of pyridine rings is 2. The maximum Gasteiger partial charge on any atom is 0.142 e. The first-order chi connectivity index (χ1) is 9.63. The molecular weight excluding hydrogens is 257 g/mol. The Morgan fingerprint density at radius 1 is 1.35 bits per heavy atom. The van der Waals surface area contributed by atoms with E-state index in [9.17, 15) is 9.50 Å². The molecule has 0 fully saturated rings. The van der Waals surface area contributed by atoms with Gasteiger partial charge in [0.25, 0.3) is 0 Å². The zero-order chi connectivity index (χ0) is 14.5. The van der Waals surface area contributed by atoms with Crippen molar-refractivity contribution in [2.75, 3.05) is 11.4 Å². The lowest BCUT2D eigenvalue weighted by molar-refractivity contribution is 0.281. The molecule has 106 valence electrons. The molecule has 0 bridgehead atoms. The fourth-order valence-electron chi connectivity index (χ4n) is 2.09. The van der Waals surface area contributed by atoms with E-state index in [0.29, 0.717) is 24.5 Å². The lowest BCUT2D eigenvalue weighted by Crippen LogP contribution is -2.25. The quantitative estimate of drug-likeness (QED) is 0.910. The van der Waals surface area contributed by atoms with Crippen molar-refractivity contribution in [3.63, 3.8) is 0 Å². The first-order valence-corrected chi connectivity index (χ1v) is 6.56. The second kappa shape index (κ2) is 6.43. The summed E-state index contributed by atoms with van der Waals surface area (Å²) < 4.78 is 13.2. The fraction of sp³-hybridized carbons (Fsp3) is 0.333. The standard InChI is InChI=1S/C15H18FN3O/c1-3-19(9-14-6-4-5-11(2)18-14)15-12(10-20)7-13(16)8-17-15/h4-8,20H,3,9-10H2,1-2H3. The lowest BCUT2D eigenvalue weighted by Gasteiger charge is -2.23. The van der Waals surface area contributed by atoms with Crippen LogP contribution < -0.4 is 4.90 Å². The summed E-state index contributed by atoms with van der Waals surface area (Å²) in [7, 11) is 0. The van der Waals surface area contributed by atoms with E-state index in [2.05, 4.69) is 9.97 Å². The van der Waals surface area contributed by atoms with E-state index >= 15 is 0 Å². The number of anilines is 1. The molecule has 2 aromatic rings. The number of halogens is 1. The highest BCUT2D eigenvalue weighted by Crippen LogP contribution is 2.20. The number of hydrogen-bond acceptors (Lipinski definition) is 4. The van der Waals surface area contributed by atoms with Crippen LogP contribution in [0.2, 0.25) is 0 Å². The number of hydrogen-bond donors (Lipinski definition) is 1. The number of aryl methyl sites for hydroxylation is 1. The largest absolute Gasteiger partial charge is 0.392 e. The van der Waals surface area contributed by atoms with E-state index in [1.165, 1.54) is 12.3 Å². The van der Waals surface area contributed by atoms with Crippen molar-refractivity contribution in [3.8, 4) is 0 Å². The van der Waals surface area contributed by atoms with Gasteiger partial charge in [-0.25, -0.2) is 9.37 Å². The SMILES string of the molecule is CCN(Cc1cccc(C)n1)c1ncc(F)cc1CO. The second-order valence-electron chi connectivity index (χ2n) is 4.58. The van der Waals surface area contributed by atoms with Crippen LogP contribution in [-0.4, -0.2) is 21.6 Å². The highest BCUT2D eigenvalue weighted by atomic mass is 19.1. The number of aliphatic hydroxyl groups excluding tert-OH is 1. The Labute approximate surface area is 117 Å². The van der Waals surface area contributed by atoms with Gasteiger partial charge in [0.2, 0.25) is 0 Å². The molecule has 2 rings (SSSR count). The van der Waals surface area contributed by atoms with Gasteiger partial charge in [-0.1, -0.05) is 6.07 Å². The topological polar surface area (TPSA) is 49.2 Å². The summed E-state index contributed by atoms with van der Waals surface area (Å²) in [4.78, 5) is 10.5. The summed E-state index contributed by atoms with van der Waals surface area (Å²) >= 11 is 0. The smallest absolute Gasteiger partial charge is 0.142 e. The van der Waals surface area contributed by atoms with E-state index in [4.69, 9.17) is 0 Å². The minimum absolute atomic E-state index is 0.238. The molecule has 0 spiro atoms. The van der Waals surface area contributed by atoms with Crippen molar-refractivity contribution in [2.45, 2.75) is 27.0 Å². The summed E-state index contributed by atoms with van der Waals surface area (Å²) in [5.41, 5.74) is 2.36. The number of rotatable bonds is 5. The summed E-state index contributed by atoms with van der Waals surface area (Å²) in [6.45, 7) is 4.96. The average molecular weight is 275 g/mol. The molecular formula is C15H18FN3O. The van der Waals surface area contributed by atoms with Crippen molar-refractivity contribution in [1.29, 1.82) is 0 Å². The third kappa shape index (κ3) is 3.30. The van der Waals surface area contributed by atoms with Gasteiger partial charge in [-0.3, -0.25) is 4.98 Å². The minimum Gasteiger partial charge on any atom is -0.392 e. The molecule has 5 heteroatoms. The zero-order valence-corrected chi connectivity index (χ0v) is 11.7. The van der Waals surface area contributed by atoms with Gasteiger partial charge in [0, 0.05) is 17.8 Å². The molecule has 0 aliphatic carbocycles. The van der Waals surface area contributed by atoms with E-state index in [1.54, 1.807) is 0 Å². The molecule has 4 nitrogen and oxygen atoms in total. The predicted octanol–water partition coefficient (Wildman–Crippen LogP) is 2.44. The van der Waals surface area contributed by atoms with Crippen LogP contribution in [0.15, 0.2) is 30.5 Å². The fourth-order valence-corrected chi connectivity index (χ4v) is 2.09. The van der Waals surface area contributed by atoms with Gasteiger partial charge < -0.3 is 10.0 Å². The molecule has 0 amide bonds. The summed E-state index contributed by atoms with van der Waals surface area (Å²) in [6.07, 6.45) is 1.17. The second-order valence-corrected chi connectivity index (χ2v) is 4.58. The first-order valence-electron chi connectivity index (χ1n) is 6.56. The Morgan fingerprint density at radius 3 is 2.80 bits per heavy atom. The zero-order valence-electron chi connectivity index (χ0n) is 11.7. The molecule has 0 aliphatic heterocycles. The maximum absolute atomic E-state index is 13.2. The van der Waals surface area contributed by atoms with Gasteiger partial charge in [-0.2, -0.15) is 0 Å². The van der Waals surface area contributed by atoms with Crippen molar-refractivity contribution in [1.82, 2.24) is 9.97 Å². The highest BCUT2D eigenvalue weighted by Gasteiger charge is 2.13. The Bertz CT molecular complexity index is 589. The molecule has 20 heavy (non-hydrogen) atoms. The number of aromatic nitrogens is 2. The summed E-state index contributed by atoms with van der Waals surface area (Å²) in [5.74, 6) is 0.155. The molecule has 2 aromatic heterocycles. The van der Waals surface area contributed by atoms with Crippen molar-refractivity contribution in [3.05, 3.63) is 53.2 Å². The molecule has 2 heterocycles. The average Bonchev–Trinajstić information content (AvgIpc) is 2.45. The number of aliphatic hydroxyl groups is 1. The van der Waals surface area contributed by atoms with Crippen LogP contribution in [0.5, 0.6) is 0 Å². The van der Waals surface area contributed by atoms with Gasteiger partial charge in [-0.05, 0) is 32.0 Å². The van der Waals surface area contributed by atoms with Crippen LogP contribution in [0.4, 0.5) is 10.2 Å². The van der Waals surface area contributed by atoms with E-state index in [0.717, 1.165) is 11.4 Å². The summed E-state index contributed by atoms with van der Waals surface area (Å²) in [6, 6.07) is 7.15. The monoisotopic (exact) mass is 275 g/mol. The van der Waals surface area contributed by atoms with Crippen LogP contribution in [0.25, 0.3) is 0 Å². The van der Waals surface area contributed by atoms with Crippen LogP contribution in [0.1, 0.15) is 23.9 Å².